The number of amides is 1. The average Bonchev–Trinajstić information content (AvgIpc) is 3.10. The molecule has 0 radical (unpaired) electrons. The maximum Gasteiger partial charge on any atom is 0.271 e. The van der Waals surface area contributed by atoms with E-state index in [1.54, 1.807) is 5.38 Å². The van der Waals surface area contributed by atoms with Crippen LogP contribution in [0, 0.1) is 0 Å². The molecule has 1 aliphatic heterocycles. The summed E-state index contributed by atoms with van der Waals surface area (Å²) in [6, 6.07) is 4.00. The molecule has 6 nitrogen and oxygen atoms in total. The van der Waals surface area contributed by atoms with Crippen molar-refractivity contribution in [3.63, 3.8) is 0 Å². The van der Waals surface area contributed by atoms with Gasteiger partial charge in [-0.05, 0) is 43.5 Å². The Labute approximate surface area is 170 Å². The second-order valence-electron chi connectivity index (χ2n) is 5.92. The first-order valence-corrected chi connectivity index (χ1v) is 9.27. The zero-order valence-corrected chi connectivity index (χ0v) is 17.0. The van der Waals surface area contributed by atoms with Gasteiger partial charge in [-0.3, -0.25) is 4.79 Å². The van der Waals surface area contributed by atoms with Crippen LogP contribution in [0.2, 0.25) is 0 Å². The summed E-state index contributed by atoms with van der Waals surface area (Å²) < 4.78 is 0. The standard InChI is InChI=1S/C17H23N5OS.2ClH/c18-6-4-16-21-14(12-24-16)17(23)20-11-13-5-7-19-15(10-13)22-8-2-1-3-9-22;;/h5,7,10,12H,1-4,6,8-9,11,18H2,(H,20,23);2*1H. The van der Waals surface area contributed by atoms with Crippen molar-refractivity contribution < 1.29 is 4.79 Å². The van der Waals surface area contributed by atoms with E-state index in [1.165, 1.54) is 30.6 Å². The summed E-state index contributed by atoms with van der Waals surface area (Å²) in [5.74, 6) is 0.853. The predicted octanol–water partition coefficient (Wildman–Crippen LogP) is 2.80. The van der Waals surface area contributed by atoms with Gasteiger partial charge in [0.1, 0.15) is 11.5 Å². The van der Waals surface area contributed by atoms with Crippen LogP contribution in [0.25, 0.3) is 0 Å². The Bertz CT molecular complexity index is 691. The first-order chi connectivity index (χ1) is 11.8. The SMILES string of the molecule is Cl.Cl.NCCc1nc(C(=O)NCc2ccnc(N3CCCCC3)c2)cs1. The molecule has 3 heterocycles. The maximum absolute atomic E-state index is 12.2. The van der Waals surface area contributed by atoms with Gasteiger partial charge in [0.2, 0.25) is 0 Å². The molecule has 0 bridgehead atoms. The molecule has 1 fully saturated rings. The summed E-state index contributed by atoms with van der Waals surface area (Å²) in [5.41, 5.74) is 7.03. The van der Waals surface area contributed by atoms with Crippen molar-refractivity contribution in [2.24, 2.45) is 5.73 Å². The minimum atomic E-state index is -0.147. The van der Waals surface area contributed by atoms with Gasteiger partial charge in [-0.25, -0.2) is 9.97 Å². The largest absolute Gasteiger partial charge is 0.357 e. The van der Waals surface area contributed by atoms with Crippen LogP contribution >= 0.6 is 36.2 Å². The second kappa shape index (κ2) is 11.3. The van der Waals surface area contributed by atoms with Crippen LogP contribution in [-0.4, -0.2) is 35.5 Å². The van der Waals surface area contributed by atoms with Gasteiger partial charge in [-0.2, -0.15) is 0 Å². The molecule has 3 rings (SSSR count). The highest BCUT2D eigenvalue weighted by Crippen LogP contribution is 2.18. The molecule has 0 spiro atoms. The monoisotopic (exact) mass is 417 g/mol. The molecule has 1 amide bonds. The minimum Gasteiger partial charge on any atom is -0.357 e. The van der Waals surface area contributed by atoms with Crippen LogP contribution in [0.15, 0.2) is 23.7 Å². The number of carbonyl (C=O) groups is 1. The quantitative estimate of drug-likeness (QED) is 0.754. The predicted molar refractivity (Wildman–Crippen MR) is 111 cm³/mol. The number of anilines is 1. The first kappa shape index (κ1) is 22.6. The molecule has 0 atom stereocenters. The Morgan fingerprint density at radius 2 is 2.04 bits per heavy atom. The number of hydrogen-bond donors (Lipinski definition) is 2. The van der Waals surface area contributed by atoms with Gasteiger partial charge >= 0.3 is 0 Å². The van der Waals surface area contributed by atoms with Gasteiger partial charge in [0.05, 0.1) is 5.01 Å². The van der Waals surface area contributed by atoms with Crippen molar-refractivity contribution in [1.82, 2.24) is 15.3 Å². The van der Waals surface area contributed by atoms with Crippen molar-refractivity contribution in [2.75, 3.05) is 24.5 Å². The third-order valence-electron chi connectivity index (χ3n) is 4.09. The van der Waals surface area contributed by atoms with Gasteiger partial charge < -0.3 is 16.0 Å². The molecule has 144 valence electrons. The van der Waals surface area contributed by atoms with E-state index in [-0.39, 0.29) is 30.7 Å². The molecule has 0 saturated carbocycles. The number of halogens is 2. The fourth-order valence-electron chi connectivity index (χ4n) is 2.79. The number of pyridine rings is 1. The number of rotatable bonds is 6. The number of nitrogens with one attached hydrogen (secondary N) is 1. The lowest BCUT2D eigenvalue weighted by atomic mass is 10.1. The molecule has 9 heteroatoms. The molecular formula is C17H25Cl2N5OS. The fourth-order valence-corrected chi connectivity index (χ4v) is 3.59. The van der Waals surface area contributed by atoms with E-state index in [0.717, 1.165) is 29.5 Å². The Balaban J connectivity index is 0.00000169. The summed E-state index contributed by atoms with van der Waals surface area (Å²) >= 11 is 1.48. The van der Waals surface area contributed by atoms with Crippen LogP contribution in [0.5, 0.6) is 0 Å². The molecule has 1 aliphatic rings. The lowest BCUT2D eigenvalue weighted by molar-refractivity contribution is 0.0946. The zero-order chi connectivity index (χ0) is 16.8. The minimum absolute atomic E-state index is 0. The normalized spacial score (nSPS) is 13.5. The van der Waals surface area contributed by atoms with Gasteiger partial charge in [-0.1, -0.05) is 0 Å². The first-order valence-electron chi connectivity index (χ1n) is 8.39. The fraction of sp³-hybridized carbons (Fsp3) is 0.471. The van der Waals surface area contributed by atoms with Crippen molar-refractivity contribution in [1.29, 1.82) is 0 Å². The second-order valence-corrected chi connectivity index (χ2v) is 6.86. The Morgan fingerprint density at radius 1 is 1.27 bits per heavy atom. The van der Waals surface area contributed by atoms with E-state index in [9.17, 15) is 4.79 Å². The van der Waals surface area contributed by atoms with Crippen molar-refractivity contribution in [3.05, 3.63) is 40.0 Å². The maximum atomic E-state index is 12.2. The smallest absolute Gasteiger partial charge is 0.271 e. The topological polar surface area (TPSA) is 84.1 Å². The summed E-state index contributed by atoms with van der Waals surface area (Å²) in [6.45, 7) is 3.15. The highest BCUT2D eigenvalue weighted by atomic mass is 35.5. The molecule has 0 aromatic carbocycles. The Morgan fingerprint density at radius 3 is 2.77 bits per heavy atom. The van der Waals surface area contributed by atoms with E-state index >= 15 is 0 Å². The highest BCUT2D eigenvalue weighted by molar-refractivity contribution is 7.09. The van der Waals surface area contributed by atoms with E-state index in [0.29, 0.717) is 25.2 Å². The van der Waals surface area contributed by atoms with E-state index in [4.69, 9.17) is 5.73 Å². The van der Waals surface area contributed by atoms with Crippen LogP contribution in [0.4, 0.5) is 5.82 Å². The Hall–Kier alpha value is -1.41. The third-order valence-corrected chi connectivity index (χ3v) is 4.99. The summed E-state index contributed by atoms with van der Waals surface area (Å²) in [6.07, 6.45) is 6.26. The molecule has 2 aromatic rings. The third kappa shape index (κ3) is 6.09. The van der Waals surface area contributed by atoms with Gasteiger partial charge in [-0.15, -0.1) is 36.2 Å². The van der Waals surface area contributed by atoms with Gasteiger partial charge in [0.15, 0.2) is 0 Å². The Kier molecular flexibility index (Phi) is 9.87. The van der Waals surface area contributed by atoms with Crippen LogP contribution < -0.4 is 16.0 Å². The number of carbonyl (C=O) groups excluding carboxylic acids is 1. The number of nitrogens with two attached hydrogens (primary N) is 1. The molecule has 2 aromatic heterocycles. The molecule has 26 heavy (non-hydrogen) atoms. The van der Waals surface area contributed by atoms with Crippen molar-refractivity contribution in [2.45, 2.75) is 32.2 Å². The zero-order valence-electron chi connectivity index (χ0n) is 14.5. The number of hydrogen-bond acceptors (Lipinski definition) is 6. The summed E-state index contributed by atoms with van der Waals surface area (Å²) in [7, 11) is 0. The lowest BCUT2D eigenvalue weighted by Gasteiger charge is -2.27. The highest BCUT2D eigenvalue weighted by Gasteiger charge is 2.13. The van der Waals surface area contributed by atoms with Crippen LogP contribution in [-0.2, 0) is 13.0 Å². The molecule has 0 unspecified atom stereocenters. The van der Waals surface area contributed by atoms with E-state index < -0.39 is 0 Å². The van der Waals surface area contributed by atoms with E-state index in [2.05, 4.69) is 26.3 Å². The molecular weight excluding hydrogens is 393 g/mol. The lowest BCUT2D eigenvalue weighted by Crippen LogP contribution is -2.30. The van der Waals surface area contributed by atoms with Crippen molar-refractivity contribution >= 4 is 47.9 Å². The molecule has 0 aliphatic carbocycles. The van der Waals surface area contributed by atoms with Gasteiger partial charge in [0, 0.05) is 37.6 Å². The van der Waals surface area contributed by atoms with Crippen LogP contribution in [0.1, 0.15) is 40.3 Å². The van der Waals surface area contributed by atoms with E-state index in [1.807, 2.05) is 12.3 Å². The summed E-state index contributed by atoms with van der Waals surface area (Å²) in [5, 5.41) is 5.61. The molecule has 3 N–H and O–H groups in total. The number of nitrogens with zero attached hydrogens (tertiary/aromatic N) is 3. The number of thiazole rings is 1. The van der Waals surface area contributed by atoms with Crippen molar-refractivity contribution in [3.8, 4) is 0 Å². The average molecular weight is 418 g/mol. The number of aromatic nitrogens is 2. The van der Waals surface area contributed by atoms with Gasteiger partial charge in [0.25, 0.3) is 5.91 Å². The summed E-state index contributed by atoms with van der Waals surface area (Å²) in [4.78, 5) is 23.3. The number of piperidine rings is 1. The van der Waals surface area contributed by atoms with Crippen LogP contribution in [0.3, 0.4) is 0 Å². The molecule has 1 saturated heterocycles.